The molecule has 0 bridgehead atoms. The van der Waals surface area contributed by atoms with Gasteiger partial charge in [-0.3, -0.25) is 9.67 Å². The van der Waals surface area contributed by atoms with E-state index in [4.69, 9.17) is 15.2 Å². The molecular weight excluding hydrogens is 456 g/mol. The van der Waals surface area contributed by atoms with Crippen molar-refractivity contribution >= 4 is 23.4 Å². The molecule has 3 N–H and O–H groups in total. The maximum absolute atomic E-state index is 10.9. The van der Waals surface area contributed by atoms with Gasteiger partial charge < -0.3 is 20.6 Å². The lowest BCUT2D eigenvalue weighted by Crippen LogP contribution is -2.44. The van der Waals surface area contributed by atoms with Gasteiger partial charge >= 0.3 is 6.09 Å². The Hall–Kier alpha value is -4.47. The van der Waals surface area contributed by atoms with Crippen LogP contribution in [-0.4, -0.2) is 55.1 Å². The number of benzene rings is 1. The predicted octanol–water partition coefficient (Wildman–Crippen LogP) is 4.40. The van der Waals surface area contributed by atoms with E-state index >= 15 is 0 Å². The van der Waals surface area contributed by atoms with Gasteiger partial charge in [-0.2, -0.15) is 5.10 Å². The number of hydrogen-bond donors (Lipinski definition) is 3. The average molecular weight is 485 g/mol. The molecule has 0 radical (unpaired) electrons. The van der Waals surface area contributed by atoms with E-state index in [0.29, 0.717) is 5.95 Å². The first-order valence-corrected chi connectivity index (χ1v) is 12.0. The van der Waals surface area contributed by atoms with Gasteiger partial charge in [0.25, 0.3) is 0 Å². The molecule has 10 nitrogen and oxygen atoms in total. The number of amides is 1. The number of aromatic nitrogens is 5. The molecule has 1 aliphatic heterocycles. The number of carboxylic acid groups (broad SMARTS) is 1. The smallest absolute Gasteiger partial charge is 0.404 e. The first-order chi connectivity index (χ1) is 17.6. The zero-order valence-electron chi connectivity index (χ0n) is 20.0. The Balaban J connectivity index is 1.30. The third-order valence-electron chi connectivity index (χ3n) is 6.26. The number of nitrogens with one attached hydrogen (secondary N) is 2. The van der Waals surface area contributed by atoms with Crippen LogP contribution in [0.2, 0.25) is 0 Å². The van der Waals surface area contributed by atoms with Gasteiger partial charge in [0.2, 0.25) is 5.95 Å². The van der Waals surface area contributed by atoms with Crippen LogP contribution < -0.4 is 15.5 Å². The fourth-order valence-corrected chi connectivity index (χ4v) is 4.40. The molecule has 1 aliphatic rings. The van der Waals surface area contributed by atoms with E-state index in [9.17, 15) is 4.79 Å². The van der Waals surface area contributed by atoms with Crippen molar-refractivity contribution < 1.29 is 9.90 Å². The Morgan fingerprint density at radius 2 is 1.92 bits per heavy atom. The lowest BCUT2D eigenvalue weighted by atomic mass is 10.0. The van der Waals surface area contributed by atoms with Crippen LogP contribution in [0.25, 0.3) is 22.5 Å². The highest BCUT2D eigenvalue weighted by atomic mass is 16.4. The van der Waals surface area contributed by atoms with Gasteiger partial charge in [-0.1, -0.05) is 0 Å². The van der Waals surface area contributed by atoms with Gasteiger partial charge in [0.05, 0.1) is 5.69 Å². The van der Waals surface area contributed by atoms with Crippen molar-refractivity contribution in [2.75, 3.05) is 23.3 Å². The highest BCUT2D eigenvalue weighted by Crippen LogP contribution is 2.30. The third kappa shape index (κ3) is 5.27. The Labute approximate surface area is 209 Å². The number of aryl methyl sites for hydroxylation is 1. The van der Waals surface area contributed by atoms with Gasteiger partial charge in [0.15, 0.2) is 0 Å². The lowest BCUT2D eigenvalue weighted by Gasteiger charge is -2.33. The van der Waals surface area contributed by atoms with Crippen LogP contribution in [-0.2, 0) is 6.54 Å². The lowest BCUT2D eigenvalue weighted by molar-refractivity contribution is 0.187. The highest BCUT2D eigenvalue weighted by Gasteiger charge is 2.20. The first kappa shape index (κ1) is 23.3. The van der Waals surface area contributed by atoms with E-state index in [0.717, 1.165) is 66.4 Å². The van der Waals surface area contributed by atoms with Crippen LogP contribution in [0, 0.1) is 0 Å². The van der Waals surface area contributed by atoms with E-state index in [-0.39, 0.29) is 6.04 Å². The second-order valence-electron chi connectivity index (χ2n) is 8.64. The Bertz CT molecular complexity index is 1320. The summed E-state index contributed by atoms with van der Waals surface area (Å²) < 4.78 is 1.89. The maximum Gasteiger partial charge on any atom is 0.404 e. The van der Waals surface area contributed by atoms with Crippen LogP contribution in [0.4, 0.5) is 22.1 Å². The molecular formula is C26H28N8O2. The Morgan fingerprint density at radius 3 is 2.61 bits per heavy atom. The molecule has 3 aromatic heterocycles. The van der Waals surface area contributed by atoms with E-state index in [1.807, 2.05) is 41.2 Å². The minimum Gasteiger partial charge on any atom is -0.465 e. The molecule has 36 heavy (non-hydrogen) atoms. The largest absolute Gasteiger partial charge is 0.465 e. The van der Waals surface area contributed by atoms with E-state index in [2.05, 4.69) is 44.6 Å². The minimum absolute atomic E-state index is 0.0206. The summed E-state index contributed by atoms with van der Waals surface area (Å²) in [4.78, 5) is 26.5. The fraction of sp³-hybridized carbons (Fsp3) is 0.269. The van der Waals surface area contributed by atoms with Crippen molar-refractivity contribution in [3.63, 3.8) is 0 Å². The Kier molecular flexibility index (Phi) is 6.74. The molecule has 5 rings (SSSR count). The summed E-state index contributed by atoms with van der Waals surface area (Å²) in [7, 11) is 0. The van der Waals surface area contributed by atoms with Crippen LogP contribution in [0.3, 0.4) is 0 Å². The number of pyridine rings is 1. The number of piperidine rings is 1. The van der Waals surface area contributed by atoms with Crippen LogP contribution in [0.15, 0.2) is 67.3 Å². The molecule has 4 aromatic rings. The molecule has 10 heteroatoms. The molecule has 0 saturated carbocycles. The second-order valence-corrected chi connectivity index (χ2v) is 8.64. The van der Waals surface area contributed by atoms with Gasteiger partial charge in [0.1, 0.15) is 5.69 Å². The topological polar surface area (TPSA) is 121 Å². The number of nitrogens with zero attached hydrogens (tertiary/aromatic N) is 6. The molecule has 0 atom stereocenters. The average Bonchev–Trinajstić information content (AvgIpc) is 3.35. The molecule has 0 aliphatic carbocycles. The molecule has 4 heterocycles. The number of carbonyl (C=O) groups is 1. The quantitative estimate of drug-likeness (QED) is 0.353. The zero-order chi connectivity index (χ0) is 24.9. The molecule has 0 spiro atoms. The standard InChI is InChI=1S/C26H28N8O2/c1-2-34-17-22(24(32-34)18-4-3-12-27-16-18)23-9-13-28-25(31-23)29-19-5-7-21(8-6-19)33-14-10-20(11-15-33)30-26(35)36/h3-9,12-13,16-17,20,30H,2,10-11,14-15H2,1H3,(H,35,36)(H,28,29,31). The van der Waals surface area contributed by atoms with E-state index < -0.39 is 6.09 Å². The van der Waals surface area contributed by atoms with Crippen molar-refractivity contribution in [3.8, 4) is 22.5 Å². The monoisotopic (exact) mass is 484 g/mol. The normalized spacial score (nSPS) is 14.0. The zero-order valence-corrected chi connectivity index (χ0v) is 20.0. The fourth-order valence-electron chi connectivity index (χ4n) is 4.40. The summed E-state index contributed by atoms with van der Waals surface area (Å²) in [5, 5.41) is 19.5. The molecule has 184 valence electrons. The third-order valence-corrected chi connectivity index (χ3v) is 6.26. The van der Waals surface area contributed by atoms with Gasteiger partial charge in [-0.05, 0) is 62.2 Å². The van der Waals surface area contributed by atoms with Crippen molar-refractivity contribution in [1.82, 2.24) is 30.0 Å². The van der Waals surface area contributed by atoms with Crippen molar-refractivity contribution in [2.45, 2.75) is 32.4 Å². The van der Waals surface area contributed by atoms with E-state index in [1.54, 1.807) is 18.6 Å². The predicted molar refractivity (Wildman–Crippen MR) is 138 cm³/mol. The summed E-state index contributed by atoms with van der Waals surface area (Å²) in [6, 6.07) is 13.9. The summed E-state index contributed by atoms with van der Waals surface area (Å²) in [5.74, 6) is 0.502. The van der Waals surface area contributed by atoms with Gasteiger partial charge in [-0.25, -0.2) is 14.8 Å². The summed E-state index contributed by atoms with van der Waals surface area (Å²) >= 11 is 0. The van der Waals surface area contributed by atoms with Crippen molar-refractivity contribution in [2.24, 2.45) is 0 Å². The number of rotatable bonds is 7. The van der Waals surface area contributed by atoms with Crippen molar-refractivity contribution in [3.05, 3.63) is 67.3 Å². The highest BCUT2D eigenvalue weighted by molar-refractivity contribution is 5.78. The van der Waals surface area contributed by atoms with Gasteiger partial charge in [-0.15, -0.1) is 0 Å². The molecule has 1 fully saturated rings. The van der Waals surface area contributed by atoms with Crippen LogP contribution in [0.5, 0.6) is 0 Å². The number of hydrogen-bond acceptors (Lipinski definition) is 7. The molecule has 1 saturated heterocycles. The summed E-state index contributed by atoms with van der Waals surface area (Å²) in [6.45, 7) is 4.43. The maximum atomic E-state index is 10.9. The molecule has 1 aromatic carbocycles. The second kappa shape index (κ2) is 10.4. The first-order valence-electron chi connectivity index (χ1n) is 12.0. The SMILES string of the molecule is CCn1cc(-c2ccnc(Nc3ccc(N4CCC(NC(=O)O)CC4)cc3)n2)c(-c2cccnc2)n1. The Morgan fingerprint density at radius 1 is 1.11 bits per heavy atom. The van der Waals surface area contributed by atoms with E-state index in [1.165, 1.54) is 0 Å². The summed E-state index contributed by atoms with van der Waals surface area (Å²) in [5.41, 5.74) is 5.46. The number of anilines is 3. The van der Waals surface area contributed by atoms with Crippen LogP contribution >= 0.6 is 0 Å². The summed E-state index contributed by atoms with van der Waals surface area (Å²) in [6.07, 6.45) is 7.92. The van der Waals surface area contributed by atoms with Crippen molar-refractivity contribution in [1.29, 1.82) is 0 Å². The minimum atomic E-state index is -0.956. The van der Waals surface area contributed by atoms with Gasteiger partial charge in [0, 0.05) is 73.0 Å². The van der Waals surface area contributed by atoms with Crippen LogP contribution in [0.1, 0.15) is 19.8 Å². The molecule has 1 amide bonds. The molecule has 0 unspecified atom stereocenters.